The summed E-state index contributed by atoms with van der Waals surface area (Å²) in [5, 5.41) is 16.4. The van der Waals surface area contributed by atoms with E-state index in [1.54, 1.807) is 0 Å². The third kappa shape index (κ3) is 4.66. The molecule has 0 aliphatic rings. The molecule has 0 spiro atoms. The molecule has 2 aromatic rings. The van der Waals surface area contributed by atoms with Crippen LogP contribution in [-0.4, -0.2) is 33.4 Å². The van der Waals surface area contributed by atoms with Crippen LogP contribution in [0.1, 0.15) is 47.1 Å². The molecule has 5 nitrogen and oxygen atoms in total. The van der Waals surface area contributed by atoms with Crippen LogP contribution in [0, 0.1) is 13.8 Å². The van der Waals surface area contributed by atoms with Gasteiger partial charge in [-0.15, -0.1) is 0 Å². The van der Waals surface area contributed by atoms with Gasteiger partial charge in [0.2, 0.25) is 0 Å². The Balaban J connectivity index is 2.10. The Morgan fingerprint density at radius 3 is 2.74 bits per heavy atom. The number of aryl methyl sites for hydroxylation is 2. The summed E-state index contributed by atoms with van der Waals surface area (Å²) in [5.74, 6) is -0.0967. The number of hydrogen-bond donors (Lipinski definition) is 2. The van der Waals surface area contributed by atoms with Crippen molar-refractivity contribution in [2.75, 3.05) is 6.61 Å². The van der Waals surface area contributed by atoms with Crippen LogP contribution in [0.5, 0.6) is 0 Å². The van der Waals surface area contributed by atoms with E-state index in [0.717, 1.165) is 23.4 Å². The van der Waals surface area contributed by atoms with Gasteiger partial charge in [-0.05, 0) is 50.5 Å². The molecule has 5 heteroatoms. The largest absolute Gasteiger partial charge is 0.396 e. The lowest BCUT2D eigenvalue weighted by Gasteiger charge is -2.16. The number of hydrogen-bond acceptors (Lipinski definition) is 3. The number of carbonyl (C=O) groups is 1. The topological polar surface area (TPSA) is 67.2 Å². The second kappa shape index (κ2) is 7.92. The molecule has 0 radical (unpaired) electrons. The minimum absolute atomic E-state index is 0.00663. The number of amides is 1. The zero-order valence-corrected chi connectivity index (χ0v) is 14.0. The minimum Gasteiger partial charge on any atom is -0.396 e. The quantitative estimate of drug-likeness (QED) is 0.824. The molecule has 0 bridgehead atoms. The first-order chi connectivity index (χ1) is 11.0. The maximum absolute atomic E-state index is 12.3. The average molecular weight is 315 g/mol. The Bertz CT molecular complexity index is 664. The van der Waals surface area contributed by atoms with E-state index >= 15 is 0 Å². The SMILES string of the molecule is CCC(CCO)NC(=O)c1cccc(Cn2nc(C)cc2C)c1. The van der Waals surface area contributed by atoms with Gasteiger partial charge in [-0.25, -0.2) is 0 Å². The van der Waals surface area contributed by atoms with Crippen molar-refractivity contribution >= 4 is 5.91 Å². The zero-order chi connectivity index (χ0) is 16.8. The Labute approximate surface area is 137 Å². The van der Waals surface area contributed by atoms with E-state index in [-0.39, 0.29) is 18.6 Å². The van der Waals surface area contributed by atoms with E-state index < -0.39 is 0 Å². The van der Waals surface area contributed by atoms with E-state index in [1.807, 2.05) is 55.8 Å². The van der Waals surface area contributed by atoms with Gasteiger partial charge in [0.05, 0.1) is 12.2 Å². The Kier molecular flexibility index (Phi) is 5.93. The van der Waals surface area contributed by atoms with Gasteiger partial charge < -0.3 is 10.4 Å². The molecular weight excluding hydrogens is 290 g/mol. The highest BCUT2D eigenvalue weighted by Gasteiger charge is 2.12. The van der Waals surface area contributed by atoms with E-state index in [0.29, 0.717) is 18.5 Å². The smallest absolute Gasteiger partial charge is 0.251 e. The molecule has 2 rings (SSSR count). The van der Waals surface area contributed by atoms with Gasteiger partial charge >= 0.3 is 0 Å². The Morgan fingerprint density at radius 2 is 2.13 bits per heavy atom. The Hall–Kier alpha value is -2.14. The van der Waals surface area contributed by atoms with E-state index in [4.69, 9.17) is 5.11 Å². The molecule has 1 heterocycles. The van der Waals surface area contributed by atoms with Gasteiger partial charge in [-0.1, -0.05) is 19.1 Å². The number of benzene rings is 1. The highest BCUT2D eigenvalue weighted by atomic mass is 16.3. The van der Waals surface area contributed by atoms with Gasteiger partial charge in [0.15, 0.2) is 0 Å². The number of carbonyl (C=O) groups excluding carboxylic acids is 1. The standard InChI is InChI=1S/C18H25N3O2/c1-4-17(8-9-22)19-18(23)16-7-5-6-15(11-16)12-21-14(3)10-13(2)20-21/h5-7,10-11,17,22H,4,8-9,12H2,1-3H3,(H,19,23). The molecule has 1 unspecified atom stereocenters. The minimum atomic E-state index is -0.0967. The molecule has 0 aliphatic carbocycles. The summed E-state index contributed by atoms with van der Waals surface area (Å²) >= 11 is 0. The van der Waals surface area contributed by atoms with Gasteiger partial charge in [-0.2, -0.15) is 5.10 Å². The van der Waals surface area contributed by atoms with Crippen molar-refractivity contribution in [2.24, 2.45) is 0 Å². The molecular formula is C18H25N3O2. The molecule has 1 aromatic heterocycles. The van der Waals surface area contributed by atoms with Crippen molar-refractivity contribution in [1.29, 1.82) is 0 Å². The van der Waals surface area contributed by atoms with Gasteiger partial charge in [0.25, 0.3) is 5.91 Å². The normalized spacial score (nSPS) is 12.2. The van der Waals surface area contributed by atoms with E-state index in [1.165, 1.54) is 0 Å². The number of aromatic nitrogens is 2. The van der Waals surface area contributed by atoms with Crippen LogP contribution in [0.3, 0.4) is 0 Å². The highest BCUT2D eigenvalue weighted by molar-refractivity contribution is 5.94. The van der Waals surface area contributed by atoms with Crippen molar-refractivity contribution in [3.05, 3.63) is 52.8 Å². The third-order valence-electron chi connectivity index (χ3n) is 3.93. The first kappa shape index (κ1) is 17.2. The van der Waals surface area contributed by atoms with E-state index in [2.05, 4.69) is 10.4 Å². The maximum Gasteiger partial charge on any atom is 0.251 e. The predicted octanol–water partition coefficient (Wildman–Crippen LogP) is 2.44. The van der Waals surface area contributed by atoms with Crippen molar-refractivity contribution in [3.63, 3.8) is 0 Å². The summed E-state index contributed by atoms with van der Waals surface area (Å²) in [7, 11) is 0. The maximum atomic E-state index is 12.3. The fourth-order valence-electron chi connectivity index (χ4n) is 2.62. The summed E-state index contributed by atoms with van der Waals surface area (Å²) in [6.45, 7) is 6.72. The van der Waals surface area contributed by atoms with Crippen molar-refractivity contribution in [2.45, 2.75) is 46.2 Å². The molecule has 124 valence electrons. The summed E-state index contributed by atoms with van der Waals surface area (Å²) in [5.41, 5.74) is 3.78. The second-order valence-electron chi connectivity index (χ2n) is 5.88. The van der Waals surface area contributed by atoms with Crippen LogP contribution in [0.15, 0.2) is 30.3 Å². The van der Waals surface area contributed by atoms with Crippen LogP contribution >= 0.6 is 0 Å². The van der Waals surface area contributed by atoms with Crippen LogP contribution in [0.2, 0.25) is 0 Å². The molecule has 0 aliphatic heterocycles. The van der Waals surface area contributed by atoms with Crippen molar-refractivity contribution in [3.8, 4) is 0 Å². The Morgan fingerprint density at radius 1 is 1.35 bits per heavy atom. The number of nitrogens with one attached hydrogen (secondary N) is 1. The zero-order valence-electron chi connectivity index (χ0n) is 14.0. The van der Waals surface area contributed by atoms with E-state index in [9.17, 15) is 4.79 Å². The average Bonchev–Trinajstić information content (AvgIpc) is 2.84. The molecule has 1 atom stereocenters. The van der Waals surface area contributed by atoms with Crippen molar-refractivity contribution in [1.82, 2.24) is 15.1 Å². The molecule has 2 N–H and O–H groups in total. The molecule has 1 aromatic carbocycles. The summed E-state index contributed by atoms with van der Waals surface area (Å²) in [6, 6.07) is 9.65. The van der Waals surface area contributed by atoms with Crippen molar-refractivity contribution < 1.29 is 9.90 Å². The van der Waals surface area contributed by atoms with Gasteiger partial charge in [0.1, 0.15) is 0 Å². The predicted molar refractivity (Wildman–Crippen MR) is 90.5 cm³/mol. The van der Waals surface area contributed by atoms with Crippen LogP contribution in [-0.2, 0) is 6.54 Å². The van der Waals surface area contributed by atoms with Crippen LogP contribution in [0.4, 0.5) is 0 Å². The number of rotatable bonds is 7. The number of aliphatic hydroxyl groups excluding tert-OH is 1. The second-order valence-corrected chi connectivity index (χ2v) is 5.88. The summed E-state index contributed by atoms with van der Waals surface area (Å²) in [4.78, 5) is 12.3. The molecule has 0 fully saturated rings. The van der Waals surface area contributed by atoms with Gasteiger partial charge in [0, 0.05) is 23.9 Å². The lowest BCUT2D eigenvalue weighted by atomic mass is 10.1. The highest BCUT2D eigenvalue weighted by Crippen LogP contribution is 2.10. The number of nitrogens with zero attached hydrogens (tertiary/aromatic N) is 2. The third-order valence-corrected chi connectivity index (χ3v) is 3.93. The summed E-state index contributed by atoms with van der Waals surface area (Å²) in [6.07, 6.45) is 1.38. The van der Waals surface area contributed by atoms with Gasteiger partial charge in [-0.3, -0.25) is 9.48 Å². The first-order valence-corrected chi connectivity index (χ1v) is 8.05. The first-order valence-electron chi connectivity index (χ1n) is 8.05. The van der Waals surface area contributed by atoms with Crippen LogP contribution < -0.4 is 5.32 Å². The molecule has 1 amide bonds. The molecule has 0 saturated heterocycles. The molecule has 23 heavy (non-hydrogen) atoms. The summed E-state index contributed by atoms with van der Waals surface area (Å²) < 4.78 is 1.94. The fourth-order valence-corrected chi connectivity index (χ4v) is 2.62. The van der Waals surface area contributed by atoms with Crippen LogP contribution in [0.25, 0.3) is 0 Å². The fraction of sp³-hybridized carbons (Fsp3) is 0.444. The lowest BCUT2D eigenvalue weighted by Crippen LogP contribution is -2.35. The lowest BCUT2D eigenvalue weighted by molar-refractivity contribution is 0.0929. The molecule has 0 saturated carbocycles. The number of aliphatic hydroxyl groups is 1. The monoisotopic (exact) mass is 315 g/mol.